The van der Waals surface area contributed by atoms with E-state index in [4.69, 9.17) is 19.7 Å². The number of fused-ring (bicyclic) bond motifs is 11. The molecule has 5 aromatic heterocycles. The van der Waals surface area contributed by atoms with E-state index in [-0.39, 0.29) is 5.41 Å². The van der Waals surface area contributed by atoms with Crippen LogP contribution in [-0.2, 0) is 5.41 Å². The second-order valence-corrected chi connectivity index (χ2v) is 14.0. The second kappa shape index (κ2) is 9.77. The summed E-state index contributed by atoms with van der Waals surface area (Å²) >= 11 is 0. The van der Waals surface area contributed by atoms with Gasteiger partial charge in [-0.2, -0.15) is 0 Å². The van der Waals surface area contributed by atoms with Crippen molar-refractivity contribution in [1.29, 1.82) is 0 Å². The minimum Gasteiger partial charge on any atom is -0.457 e. The molecule has 0 saturated heterocycles. The van der Waals surface area contributed by atoms with Gasteiger partial charge in [0, 0.05) is 62.7 Å². The number of imidazole rings is 1. The van der Waals surface area contributed by atoms with Crippen molar-refractivity contribution in [3.63, 3.8) is 0 Å². The Balaban J connectivity index is 1.15. The van der Waals surface area contributed by atoms with E-state index in [9.17, 15) is 0 Å². The maximum Gasteiger partial charge on any atom is 0.146 e. The van der Waals surface area contributed by atoms with Gasteiger partial charge in [0.15, 0.2) is 0 Å². The quantitative estimate of drug-likeness (QED) is 0.181. The normalized spacial score (nSPS) is 13.6. The molecule has 9 aromatic rings. The van der Waals surface area contributed by atoms with Gasteiger partial charge < -0.3 is 4.74 Å². The highest BCUT2D eigenvalue weighted by atomic mass is 16.5. The summed E-state index contributed by atoms with van der Waals surface area (Å²) in [5.41, 5.74) is 13.3. The number of nitrogens with zero attached hydrogens (tertiary/aromatic N) is 5. The van der Waals surface area contributed by atoms with Gasteiger partial charge in [-0.25, -0.2) is 9.97 Å². The summed E-state index contributed by atoms with van der Waals surface area (Å²) in [4.78, 5) is 15.0. The summed E-state index contributed by atoms with van der Waals surface area (Å²) in [7, 11) is 0. The zero-order valence-electron chi connectivity index (χ0n) is 28.0. The molecule has 1 aliphatic rings. The molecule has 6 nitrogen and oxygen atoms in total. The van der Waals surface area contributed by atoms with Crippen molar-refractivity contribution in [2.75, 3.05) is 0 Å². The fraction of sp³-hybridized carbons (Fsp3) is 0.140. The highest BCUT2D eigenvalue weighted by Crippen LogP contribution is 2.47. The number of pyridine rings is 3. The number of aryl methyl sites for hydroxylation is 3. The molecule has 0 amide bonds. The standard InChI is InChI=1S/C43H33N5O/c1-24-19-25(2)38(26(3)20-24)35-23-47-36-12-8-17-44-39(36)30-16-14-27(21-32(30)41(47)46-35)49-28-13-15-29-31-9-6-10-33-40(31)48(37(29)22-28)42-34(43(33,4)5)11-7-18-45-42/h6-23H,1-5H3. The molecule has 0 N–H and O–H groups in total. The van der Waals surface area contributed by atoms with Crippen molar-refractivity contribution >= 4 is 49.3 Å². The molecule has 0 fully saturated rings. The van der Waals surface area contributed by atoms with Crippen molar-refractivity contribution in [3.8, 4) is 28.6 Å². The van der Waals surface area contributed by atoms with Gasteiger partial charge in [0.25, 0.3) is 0 Å². The number of ether oxygens (including phenoxy) is 1. The topological polar surface area (TPSA) is 57.2 Å². The molecule has 0 saturated carbocycles. The summed E-state index contributed by atoms with van der Waals surface area (Å²) in [6, 6.07) is 32.1. The van der Waals surface area contributed by atoms with Crippen LogP contribution in [0.15, 0.2) is 110 Å². The smallest absolute Gasteiger partial charge is 0.146 e. The number of rotatable bonds is 3. The molecule has 0 aliphatic carbocycles. The first-order valence-corrected chi connectivity index (χ1v) is 16.8. The maximum absolute atomic E-state index is 6.68. The molecule has 6 heteroatoms. The third kappa shape index (κ3) is 3.85. The van der Waals surface area contributed by atoms with Gasteiger partial charge >= 0.3 is 0 Å². The minimum atomic E-state index is -0.161. The largest absolute Gasteiger partial charge is 0.457 e. The third-order valence-electron chi connectivity index (χ3n) is 10.5. The van der Waals surface area contributed by atoms with E-state index >= 15 is 0 Å². The molecule has 0 spiro atoms. The lowest BCUT2D eigenvalue weighted by molar-refractivity contribution is 0.484. The van der Waals surface area contributed by atoms with E-state index in [1.807, 2.05) is 30.6 Å². The van der Waals surface area contributed by atoms with E-state index in [1.165, 1.54) is 49.7 Å². The number of benzene rings is 4. The van der Waals surface area contributed by atoms with Gasteiger partial charge in [-0.15, -0.1) is 0 Å². The van der Waals surface area contributed by atoms with Crippen LogP contribution in [0.5, 0.6) is 11.5 Å². The first kappa shape index (κ1) is 28.0. The summed E-state index contributed by atoms with van der Waals surface area (Å²) in [5.74, 6) is 2.48. The summed E-state index contributed by atoms with van der Waals surface area (Å²) in [6.07, 6.45) is 5.89. The van der Waals surface area contributed by atoms with Gasteiger partial charge in [0.2, 0.25) is 0 Å². The van der Waals surface area contributed by atoms with Crippen LogP contribution in [0.1, 0.15) is 41.7 Å². The van der Waals surface area contributed by atoms with E-state index < -0.39 is 0 Å². The molecule has 0 radical (unpaired) electrons. The van der Waals surface area contributed by atoms with E-state index in [0.29, 0.717) is 0 Å². The molecule has 1 aliphatic heterocycles. The average Bonchev–Trinajstić information content (AvgIpc) is 3.67. The molecule has 49 heavy (non-hydrogen) atoms. The SMILES string of the molecule is Cc1cc(C)c(-c2cn3c4cccnc4c4ccc(Oc5ccc6c7cccc8c7n(c6c5)-c5ncccc5C8(C)C)cc4c3n2)c(C)c1. The number of para-hydroxylation sites is 1. The van der Waals surface area contributed by atoms with Crippen LogP contribution in [0.25, 0.3) is 66.3 Å². The first-order chi connectivity index (χ1) is 23.8. The lowest BCUT2D eigenvalue weighted by atomic mass is 9.76. The molecule has 6 heterocycles. The number of hydrogen-bond donors (Lipinski definition) is 0. The molecule has 10 rings (SSSR count). The van der Waals surface area contributed by atoms with E-state index in [1.54, 1.807) is 0 Å². The monoisotopic (exact) mass is 635 g/mol. The van der Waals surface area contributed by atoms with Gasteiger partial charge in [0.05, 0.1) is 27.8 Å². The van der Waals surface area contributed by atoms with Gasteiger partial charge in [0.1, 0.15) is 23.0 Å². The molecule has 236 valence electrons. The Bertz CT molecular complexity index is 2850. The van der Waals surface area contributed by atoms with Crippen LogP contribution in [0.3, 0.4) is 0 Å². The Kier molecular flexibility index (Phi) is 5.59. The molecule has 0 atom stereocenters. The lowest BCUT2D eigenvalue weighted by Gasteiger charge is -2.33. The summed E-state index contributed by atoms with van der Waals surface area (Å²) in [6.45, 7) is 11.1. The fourth-order valence-corrected chi connectivity index (χ4v) is 8.41. The van der Waals surface area contributed by atoms with Crippen LogP contribution < -0.4 is 4.74 Å². The van der Waals surface area contributed by atoms with Crippen LogP contribution in [0, 0.1) is 20.8 Å². The Morgan fingerprint density at radius 1 is 0.653 bits per heavy atom. The van der Waals surface area contributed by atoms with Crippen molar-refractivity contribution in [2.45, 2.75) is 40.0 Å². The highest BCUT2D eigenvalue weighted by molar-refractivity contribution is 6.12. The van der Waals surface area contributed by atoms with Gasteiger partial charge in [-0.05, 0) is 86.0 Å². The summed E-state index contributed by atoms with van der Waals surface area (Å²) < 4.78 is 11.2. The number of hydrogen-bond acceptors (Lipinski definition) is 4. The van der Waals surface area contributed by atoms with Crippen LogP contribution in [0.4, 0.5) is 0 Å². The van der Waals surface area contributed by atoms with Crippen LogP contribution >= 0.6 is 0 Å². The minimum absolute atomic E-state index is 0.161. The van der Waals surface area contributed by atoms with Crippen molar-refractivity contribution < 1.29 is 4.74 Å². The van der Waals surface area contributed by atoms with Crippen molar-refractivity contribution in [1.82, 2.24) is 23.9 Å². The van der Waals surface area contributed by atoms with Gasteiger partial charge in [-0.3, -0.25) is 14.0 Å². The van der Waals surface area contributed by atoms with E-state index in [0.717, 1.165) is 56.0 Å². The Morgan fingerprint density at radius 2 is 1.39 bits per heavy atom. The predicted octanol–water partition coefficient (Wildman–Crippen LogP) is 10.6. The Hall–Kier alpha value is -6.01. The fourth-order valence-electron chi connectivity index (χ4n) is 8.41. The van der Waals surface area contributed by atoms with E-state index in [2.05, 4.69) is 123 Å². The zero-order valence-corrected chi connectivity index (χ0v) is 28.0. The van der Waals surface area contributed by atoms with Crippen LogP contribution in [0.2, 0.25) is 0 Å². The first-order valence-electron chi connectivity index (χ1n) is 16.8. The Morgan fingerprint density at radius 3 is 2.22 bits per heavy atom. The van der Waals surface area contributed by atoms with Crippen LogP contribution in [-0.4, -0.2) is 23.9 Å². The number of aromatic nitrogens is 5. The van der Waals surface area contributed by atoms with Crippen molar-refractivity contribution in [3.05, 3.63) is 137 Å². The molecule has 0 bridgehead atoms. The third-order valence-corrected chi connectivity index (χ3v) is 10.5. The molecule has 4 aromatic carbocycles. The average molecular weight is 636 g/mol. The highest BCUT2D eigenvalue weighted by Gasteiger charge is 2.35. The zero-order chi connectivity index (χ0) is 33.2. The van der Waals surface area contributed by atoms with Crippen molar-refractivity contribution in [2.24, 2.45) is 0 Å². The molecular formula is C43H33N5O. The molecular weight excluding hydrogens is 603 g/mol. The Labute approximate surface area is 283 Å². The lowest BCUT2D eigenvalue weighted by Crippen LogP contribution is -2.26. The van der Waals surface area contributed by atoms with Gasteiger partial charge in [-0.1, -0.05) is 55.8 Å². The maximum atomic E-state index is 6.68. The predicted molar refractivity (Wildman–Crippen MR) is 198 cm³/mol. The second-order valence-electron chi connectivity index (χ2n) is 14.0. The molecule has 0 unspecified atom stereocenters. The summed E-state index contributed by atoms with van der Waals surface area (Å²) in [5, 5.41) is 4.44.